The summed E-state index contributed by atoms with van der Waals surface area (Å²) in [5, 5.41) is 18.1. The van der Waals surface area contributed by atoms with Gasteiger partial charge in [0, 0.05) is 72.8 Å². The van der Waals surface area contributed by atoms with Crippen molar-refractivity contribution in [1.29, 1.82) is 0 Å². The van der Waals surface area contributed by atoms with Gasteiger partial charge in [0.2, 0.25) is 11.8 Å². The van der Waals surface area contributed by atoms with Gasteiger partial charge in [0.25, 0.3) is 0 Å². The minimum atomic E-state index is -0.693. The lowest BCUT2D eigenvalue weighted by Crippen LogP contribution is -2.49. The third kappa shape index (κ3) is 9.58. The fourth-order valence-electron chi connectivity index (χ4n) is 6.79. The standard InChI is InChI=1S/C41H48Cl2N8O6/c1-24(52)20-44-21-34-47-38-33(55-6)19-27(23-51(38)48-34)37-36(43)30(13-16-45-37)29-9-8-10-31(35(29)42)32-12-11-26(39(46-32)56-7)22-50(40(54)57-41(3,4)5)28-14-17-49(18-15-28)25(2)53/h8-13,16,19,23-24,28,44,52H,14-15,17-18,20-22H2,1-7H3/t24-/m1/s1. The van der Waals surface area contributed by atoms with Crippen LogP contribution in [0.5, 0.6) is 11.6 Å². The summed E-state index contributed by atoms with van der Waals surface area (Å²) in [4.78, 5) is 43.2. The van der Waals surface area contributed by atoms with Crippen LogP contribution in [0, 0.1) is 0 Å². The zero-order chi connectivity index (χ0) is 41.0. The van der Waals surface area contributed by atoms with Crippen LogP contribution in [-0.2, 0) is 22.6 Å². The molecule has 302 valence electrons. The lowest BCUT2D eigenvalue weighted by molar-refractivity contribution is -0.130. The molecule has 1 fully saturated rings. The summed E-state index contributed by atoms with van der Waals surface area (Å²) in [5.41, 5.74) is 4.20. The minimum absolute atomic E-state index is 0.0206. The molecule has 0 bridgehead atoms. The molecule has 1 aliphatic heterocycles. The summed E-state index contributed by atoms with van der Waals surface area (Å²) in [6, 6.07) is 12.8. The molecule has 57 heavy (non-hydrogen) atoms. The van der Waals surface area contributed by atoms with Crippen LogP contribution in [0.2, 0.25) is 10.0 Å². The highest BCUT2D eigenvalue weighted by molar-refractivity contribution is 6.39. The van der Waals surface area contributed by atoms with Crippen molar-refractivity contribution in [2.45, 2.75) is 78.3 Å². The molecule has 14 nitrogen and oxygen atoms in total. The number of carbonyl (C=O) groups excluding carboxylic acids is 2. The van der Waals surface area contributed by atoms with E-state index >= 15 is 0 Å². The maximum Gasteiger partial charge on any atom is 0.410 e. The Labute approximate surface area is 342 Å². The largest absolute Gasteiger partial charge is 0.493 e. The van der Waals surface area contributed by atoms with Crippen LogP contribution in [0.15, 0.2) is 54.9 Å². The topological polar surface area (TPSA) is 157 Å². The number of rotatable bonds is 12. The van der Waals surface area contributed by atoms with Gasteiger partial charge in [-0.1, -0.05) is 41.4 Å². The van der Waals surface area contributed by atoms with E-state index in [2.05, 4.69) is 20.4 Å². The zero-order valence-electron chi connectivity index (χ0n) is 33.2. The predicted molar refractivity (Wildman–Crippen MR) is 218 cm³/mol. The molecule has 0 aliphatic carbocycles. The number of pyridine rings is 3. The molecule has 0 spiro atoms. The fraction of sp³-hybridized carbons (Fsp3) is 0.415. The van der Waals surface area contributed by atoms with E-state index in [1.54, 1.807) is 53.7 Å². The Kier molecular flexibility index (Phi) is 12.9. The first-order valence-corrected chi connectivity index (χ1v) is 19.5. The van der Waals surface area contributed by atoms with Crippen molar-refractivity contribution in [3.8, 4) is 45.3 Å². The molecule has 1 aliphatic rings. The second-order valence-electron chi connectivity index (χ2n) is 15.0. The van der Waals surface area contributed by atoms with Crippen LogP contribution in [0.4, 0.5) is 4.79 Å². The molecule has 1 saturated heterocycles. The van der Waals surface area contributed by atoms with Gasteiger partial charge in [0.05, 0.1) is 54.8 Å². The Balaban J connectivity index is 1.30. The van der Waals surface area contributed by atoms with E-state index in [0.29, 0.717) is 111 Å². The monoisotopic (exact) mass is 818 g/mol. The fourth-order valence-corrected chi connectivity index (χ4v) is 7.44. The summed E-state index contributed by atoms with van der Waals surface area (Å²) >= 11 is 14.3. The SMILES string of the molecule is COc1nc(-c2cccc(-c3ccnc(-c4cc(OC)c5nc(CNC[C@@H](C)O)nn5c4)c3Cl)c2Cl)ccc1CN(C(=O)OC(C)(C)C)C1CCN(C(C)=O)CC1. The van der Waals surface area contributed by atoms with Gasteiger partial charge in [-0.05, 0) is 64.8 Å². The van der Waals surface area contributed by atoms with Gasteiger partial charge in [-0.15, -0.1) is 5.10 Å². The van der Waals surface area contributed by atoms with Crippen molar-refractivity contribution in [3.05, 3.63) is 76.3 Å². The molecule has 1 aromatic carbocycles. The van der Waals surface area contributed by atoms with Crippen LogP contribution in [-0.4, -0.2) is 103 Å². The lowest BCUT2D eigenvalue weighted by Gasteiger charge is -2.39. The number of aliphatic hydroxyl groups is 1. The number of aromatic nitrogens is 5. The van der Waals surface area contributed by atoms with Gasteiger partial charge in [0.15, 0.2) is 17.2 Å². The van der Waals surface area contributed by atoms with E-state index < -0.39 is 17.8 Å². The molecular weight excluding hydrogens is 771 g/mol. The Hall–Kier alpha value is -5.02. The Morgan fingerprint density at radius 2 is 1.74 bits per heavy atom. The van der Waals surface area contributed by atoms with Crippen molar-refractivity contribution < 1.29 is 28.9 Å². The number of benzene rings is 1. The van der Waals surface area contributed by atoms with E-state index in [1.807, 2.05) is 57.2 Å². The summed E-state index contributed by atoms with van der Waals surface area (Å²) in [7, 11) is 3.10. The number of methoxy groups -OCH3 is 2. The number of ether oxygens (including phenoxy) is 3. The average Bonchev–Trinajstić information content (AvgIpc) is 3.59. The summed E-state index contributed by atoms with van der Waals surface area (Å²) in [6.07, 6.45) is 3.77. The van der Waals surface area contributed by atoms with E-state index in [0.717, 1.165) is 0 Å². The van der Waals surface area contributed by atoms with Crippen LogP contribution in [0.1, 0.15) is 58.8 Å². The maximum atomic E-state index is 13.6. The third-order valence-electron chi connectivity index (χ3n) is 9.57. The number of likely N-dealkylation sites (tertiary alicyclic amines) is 1. The number of aliphatic hydroxyl groups excluding tert-OH is 1. The van der Waals surface area contributed by atoms with Crippen molar-refractivity contribution in [2.75, 3.05) is 33.9 Å². The molecule has 2 N–H and O–H groups in total. The molecule has 5 heterocycles. The number of hydrogen-bond donors (Lipinski definition) is 2. The van der Waals surface area contributed by atoms with E-state index in [4.69, 9.17) is 42.4 Å². The highest BCUT2D eigenvalue weighted by Gasteiger charge is 2.33. The van der Waals surface area contributed by atoms with Gasteiger partial charge >= 0.3 is 6.09 Å². The second kappa shape index (κ2) is 17.6. The minimum Gasteiger partial charge on any atom is -0.493 e. The highest BCUT2D eigenvalue weighted by atomic mass is 35.5. The molecule has 2 amide bonds. The Morgan fingerprint density at radius 1 is 1.02 bits per heavy atom. The quantitative estimate of drug-likeness (QED) is 0.133. The number of halogens is 2. The number of carbonyl (C=O) groups is 2. The second-order valence-corrected chi connectivity index (χ2v) is 15.7. The van der Waals surface area contributed by atoms with Crippen molar-refractivity contribution >= 4 is 40.8 Å². The number of piperidine rings is 1. The molecule has 6 rings (SSSR count). The van der Waals surface area contributed by atoms with Gasteiger partial charge in [-0.2, -0.15) is 0 Å². The number of amides is 2. The number of nitrogens with zero attached hydrogens (tertiary/aromatic N) is 7. The average molecular weight is 820 g/mol. The molecule has 0 radical (unpaired) electrons. The number of nitrogens with one attached hydrogen (secondary N) is 1. The molecule has 1 atom stereocenters. The normalized spacial score (nSPS) is 14.1. The molecule has 5 aromatic rings. The van der Waals surface area contributed by atoms with Crippen molar-refractivity contribution in [3.63, 3.8) is 0 Å². The van der Waals surface area contributed by atoms with Crippen LogP contribution in [0.25, 0.3) is 39.3 Å². The first-order valence-electron chi connectivity index (χ1n) is 18.7. The molecular formula is C41H48Cl2N8O6. The first-order chi connectivity index (χ1) is 27.2. The maximum absolute atomic E-state index is 13.6. The molecule has 4 aromatic heterocycles. The van der Waals surface area contributed by atoms with E-state index in [-0.39, 0.29) is 18.5 Å². The lowest BCUT2D eigenvalue weighted by atomic mass is 9.99. The smallest absolute Gasteiger partial charge is 0.410 e. The van der Waals surface area contributed by atoms with Gasteiger partial charge in [-0.25, -0.2) is 19.3 Å². The van der Waals surface area contributed by atoms with Crippen molar-refractivity contribution in [2.24, 2.45) is 0 Å². The molecule has 16 heteroatoms. The Morgan fingerprint density at radius 3 is 2.40 bits per heavy atom. The number of fused-ring (bicyclic) bond motifs is 1. The van der Waals surface area contributed by atoms with Crippen LogP contribution in [0.3, 0.4) is 0 Å². The molecule has 0 unspecified atom stereocenters. The highest BCUT2D eigenvalue weighted by Crippen LogP contribution is 2.42. The summed E-state index contributed by atoms with van der Waals surface area (Å²) < 4.78 is 18.9. The van der Waals surface area contributed by atoms with Crippen LogP contribution >= 0.6 is 23.2 Å². The van der Waals surface area contributed by atoms with Gasteiger partial charge < -0.3 is 34.4 Å². The zero-order valence-corrected chi connectivity index (χ0v) is 34.7. The van der Waals surface area contributed by atoms with Gasteiger partial charge in [0.1, 0.15) is 5.60 Å². The third-order valence-corrected chi connectivity index (χ3v) is 10.4. The predicted octanol–water partition coefficient (Wildman–Crippen LogP) is 7.06. The summed E-state index contributed by atoms with van der Waals surface area (Å²) in [5.74, 6) is 1.38. The van der Waals surface area contributed by atoms with E-state index in [1.165, 1.54) is 7.11 Å². The van der Waals surface area contributed by atoms with Crippen LogP contribution < -0.4 is 14.8 Å². The first kappa shape index (κ1) is 41.6. The molecule has 0 saturated carbocycles. The Bertz CT molecular complexity index is 2250. The number of hydrogen-bond acceptors (Lipinski definition) is 11. The van der Waals surface area contributed by atoms with Gasteiger partial charge in [-0.3, -0.25) is 9.78 Å². The summed E-state index contributed by atoms with van der Waals surface area (Å²) in [6.45, 7) is 10.9. The van der Waals surface area contributed by atoms with Crippen molar-refractivity contribution in [1.82, 2.24) is 39.7 Å². The van der Waals surface area contributed by atoms with E-state index in [9.17, 15) is 14.7 Å².